The number of alkyl halides is 3. The minimum absolute atomic E-state index is 0.0479. The highest BCUT2D eigenvalue weighted by Gasteiger charge is 2.31. The van der Waals surface area contributed by atoms with Gasteiger partial charge in [0.05, 0.1) is 11.6 Å². The number of nitrogens with zero attached hydrogens (tertiary/aromatic N) is 3. The SMILES string of the molecule is CCCn1cnnc1[C@@H](C)NC(=O)c1cccc(C(F)(F)F)c1. The molecule has 2 aromatic rings. The molecular weight excluding hydrogens is 309 g/mol. The molecule has 8 heteroatoms. The van der Waals surface area contributed by atoms with Crippen molar-refractivity contribution < 1.29 is 18.0 Å². The fourth-order valence-corrected chi connectivity index (χ4v) is 2.19. The molecule has 1 heterocycles. The summed E-state index contributed by atoms with van der Waals surface area (Å²) in [5.41, 5.74) is -0.903. The molecular formula is C15H17F3N4O. The summed E-state index contributed by atoms with van der Waals surface area (Å²) in [4.78, 5) is 12.2. The molecule has 0 spiro atoms. The van der Waals surface area contributed by atoms with Gasteiger partial charge in [0, 0.05) is 12.1 Å². The highest BCUT2D eigenvalue weighted by Crippen LogP contribution is 2.29. The summed E-state index contributed by atoms with van der Waals surface area (Å²) >= 11 is 0. The molecule has 0 fully saturated rings. The zero-order valence-corrected chi connectivity index (χ0v) is 12.8. The number of rotatable bonds is 5. The Morgan fingerprint density at radius 3 is 2.78 bits per heavy atom. The molecule has 0 radical (unpaired) electrons. The monoisotopic (exact) mass is 326 g/mol. The van der Waals surface area contributed by atoms with Crippen LogP contribution in [0.25, 0.3) is 0 Å². The van der Waals surface area contributed by atoms with Crippen molar-refractivity contribution in [3.63, 3.8) is 0 Å². The van der Waals surface area contributed by atoms with E-state index in [1.54, 1.807) is 17.8 Å². The van der Waals surface area contributed by atoms with Crippen LogP contribution in [-0.2, 0) is 12.7 Å². The Balaban J connectivity index is 2.14. The van der Waals surface area contributed by atoms with Gasteiger partial charge >= 0.3 is 6.18 Å². The van der Waals surface area contributed by atoms with E-state index in [0.717, 1.165) is 18.6 Å². The average Bonchev–Trinajstić information content (AvgIpc) is 2.95. The molecule has 1 N–H and O–H groups in total. The lowest BCUT2D eigenvalue weighted by atomic mass is 10.1. The summed E-state index contributed by atoms with van der Waals surface area (Å²) < 4.78 is 39.9. The number of carbonyl (C=O) groups is 1. The topological polar surface area (TPSA) is 59.8 Å². The molecule has 5 nitrogen and oxygen atoms in total. The molecule has 0 saturated heterocycles. The first-order chi connectivity index (χ1) is 10.8. The van der Waals surface area contributed by atoms with Crippen LogP contribution in [0.2, 0.25) is 0 Å². The van der Waals surface area contributed by atoms with Gasteiger partial charge in [-0.1, -0.05) is 13.0 Å². The summed E-state index contributed by atoms with van der Waals surface area (Å²) in [7, 11) is 0. The Labute approximate surface area is 131 Å². The fourth-order valence-electron chi connectivity index (χ4n) is 2.19. The lowest BCUT2D eigenvalue weighted by Gasteiger charge is -2.15. The number of hydrogen-bond acceptors (Lipinski definition) is 3. The van der Waals surface area contributed by atoms with Crippen LogP contribution < -0.4 is 5.32 Å². The summed E-state index contributed by atoms with van der Waals surface area (Å²) in [5.74, 6) is -0.0261. The number of aromatic nitrogens is 3. The molecule has 0 aliphatic rings. The number of aryl methyl sites for hydroxylation is 1. The molecule has 0 bridgehead atoms. The highest BCUT2D eigenvalue weighted by atomic mass is 19.4. The maximum absolute atomic E-state index is 12.7. The number of nitrogens with one attached hydrogen (secondary N) is 1. The minimum atomic E-state index is -4.48. The lowest BCUT2D eigenvalue weighted by molar-refractivity contribution is -0.137. The van der Waals surface area contributed by atoms with Crippen LogP contribution in [0, 0.1) is 0 Å². The number of amides is 1. The van der Waals surface area contributed by atoms with Gasteiger partial charge in [0.1, 0.15) is 6.33 Å². The summed E-state index contributed by atoms with van der Waals surface area (Å²) in [5, 5.41) is 10.4. The van der Waals surface area contributed by atoms with Crippen molar-refractivity contribution in [2.75, 3.05) is 0 Å². The van der Waals surface area contributed by atoms with Gasteiger partial charge in [-0.15, -0.1) is 10.2 Å². The molecule has 0 aliphatic heterocycles. The molecule has 2 rings (SSSR count). The third kappa shape index (κ3) is 4.08. The maximum Gasteiger partial charge on any atom is 0.416 e. The zero-order chi connectivity index (χ0) is 17.0. The molecule has 0 unspecified atom stereocenters. The molecule has 1 amide bonds. The van der Waals surface area contributed by atoms with Crippen LogP contribution in [0.5, 0.6) is 0 Å². The van der Waals surface area contributed by atoms with Gasteiger partial charge in [-0.05, 0) is 31.5 Å². The van der Waals surface area contributed by atoms with E-state index < -0.39 is 23.7 Å². The largest absolute Gasteiger partial charge is 0.416 e. The molecule has 1 aromatic carbocycles. The molecule has 1 atom stereocenters. The number of benzene rings is 1. The van der Waals surface area contributed by atoms with Gasteiger partial charge < -0.3 is 9.88 Å². The van der Waals surface area contributed by atoms with E-state index in [-0.39, 0.29) is 5.56 Å². The van der Waals surface area contributed by atoms with Crippen molar-refractivity contribution in [1.82, 2.24) is 20.1 Å². The zero-order valence-electron chi connectivity index (χ0n) is 12.8. The van der Waals surface area contributed by atoms with Gasteiger partial charge in [0.15, 0.2) is 5.82 Å². The lowest BCUT2D eigenvalue weighted by Crippen LogP contribution is -2.29. The van der Waals surface area contributed by atoms with Crippen molar-refractivity contribution in [3.8, 4) is 0 Å². The first kappa shape index (κ1) is 17.0. The van der Waals surface area contributed by atoms with Gasteiger partial charge in [-0.25, -0.2) is 0 Å². The fraction of sp³-hybridized carbons (Fsp3) is 0.400. The Hall–Kier alpha value is -2.38. The van der Waals surface area contributed by atoms with Gasteiger partial charge in [0.2, 0.25) is 0 Å². The third-order valence-corrected chi connectivity index (χ3v) is 3.30. The third-order valence-electron chi connectivity index (χ3n) is 3.30. The van der Waals surface area contributed by atoms with E-state index in [1.807, 2.05) is 6.92 Å². The van der Waals surface area contributed by atoms with E-state index in [0.29, 0.717) is 12.4 Å². The van der Waals surface area contributed by atoms with Crippen molar-refractivity contribution in [1.29, 1.82) is 0 Å². The van der Waals surface area contributed by atoms with Crippen molar-refractivity contribution in [2.24, 2.45) is 0 Å². The van der Waals surface area contributed by atoms with Crippen LogP contribution in [0.3, 0.4) is 0 Å². The smallest absolute Gasteiger partial charge is 0.342 e. The molecule has 0 aliphatic carbocycles. The Kier molecular flexibility index (Phi) is 5.02. The summed E-state index contributed by atoms with van der Waals surface area (Å²) in [6, 6.07) is 3.85. The standard InChI is InChI=1S/C15H17F3N4O/c1-3-7-22-9-19-21-13(22)10(2)20-14(23)11-5-4-6-12(8-11)15(16,17)18/h4-6,8-10H,3,7H2,1-2H3,(H,20,23)/t10-/m1/s1. The molecule has 1 aromatic heterocycles. The second kappa shape index (κ2) is 6.80. The highest BCUT2D eigenvalue weighted by molar-refractivity contribution is 5.94. The van der Waals surface area contributed by atoms with Crippen molar-refractivity contribution in [2.45, 2.75) is 39.0 Å². The summed E-state index contributed by atoms with van der Waals surface area (Å²) in [6.07, 6.45) is -2.05. The van der Waals surface area contributed by atoms with E-state index in [2.05, 4.69) is 15.5 Å². The van der Waals surface area contributed by atoms with Crippen molar-refractivity contribution in [3.05, 3.63) is 47.5 Å². The number of hydrogen-bond donors (Lipinski definition) is 1. The molecule has 124 valence electrons. The van der Waals surface area contributed by atoms with E-state index in [1.165, 1.54) is 12.1 Å². The van der Waals surface area contributed by atoms with Crippen LogP contribution in [0.1, 0.15) is 48.1 Å². The normalized spacial score (nSPS) is 12.9. The van der Waals surface area contributed by atoms with Crippen LogP contribution in [-0.4, -0.2) is 20.7 Å². The van der Waals surface area contributed by atoms with E-state index >= 15 is 0 Å². The van der Waals surface area contributed by atoms with Crippen molar-refractivity contribution >= 4 is 5.91 Å². The van der Waals surface area contributed by atoms with Gasteiger partial charge in [-0.2, -0.15) is 13.2 Å². The maximum atomic E-state index is 12.7. The van der Waals surface area contributed by atoms with E-state index in [9.17, 15) is 18.0 Å². The van der Waals surface area contributed by atoms with Crippen LogP contribution >= 0.6 is 0 Å². The predicted octanol–water partition coefficient (Wildman–Crippen LogP) is 3.20. The Bertz CT molecular complexity index is 681. The van der Waals surface area contributed by atoms with Gasteiger partial charge in [0.25, 0.3) is 5.91 Å². The average molecular weight is 326 g/mol. The van der Waals surface area contributed by atoms with Gasteiger partial charge in [-0.3, -0.25) is 4.79 Å². The van der Waals surface area contributed by atoms with E-state index in [4.69, 9.17) is 0 Å². The minimum Gasteiger partial charge on any atom is -0.342 e. The first-order valence-electron chi connectivity index (χ1n) is 7.18. The molecule has 23 heavy (non-hydrogen) atoms. The first-order valence-corrected chi connectivity index (χ1v) is 7.18. The summed E-state index contributed by atoms with van der Waals surface area (Å²) in [6.45, 7) is 4.41. The Morgan fingerprint density at radius 1 is 1.39 bits per heavy atom. The predicted molar refractivity (Wildman–Crippen MR) is 77.6 cm³/mol. The second-order valence-corrected chi connectivity index (χ2v) is 5.16. The Morgan fingerprint density at radius 2 is 2.13 bits per heavy atom. The van der Waals surface area contributed by atoms with Crippen LogP contribution in [0.4, 0.5) is 13.2 Å². The second-order valence-electron chi connectivity index (χ2n) is 5.16. The number of carbonyl (C=O) groups excluding carboxylic acids is 1. The number of halogens is 3. The molecule has 0 saturated carbocycles. The quantitative estimate of drug-likeness (QED) is 0.918. The van der Waals surface area contributed by atoms with Crippen LogP contribution in [0.15, 0.2) is 30.6 Å².